The minimum Gasteiger partial charge on any atom is -0.488 e. The molecule has 3 nitrogen and oxygen atoms in total. The summed E-state index contributed by atoms with van der Waals surface area (Å²) in [4.78, 5) is 4.26. The number of nitrogens with zero attached hydrogens (tertiary/aromatic N) is 1. The number of ether oxygens (including phenoxy) is 1. The summed E-state index contributed by atoms with van der Waals surface area (Å²) >= 11 is 0. The first-order valence-electron chi connectivity index (χ1n) is 6.27. The van der Waals surface area contributed by atoms with Crippen molar-refractivity contribution >= 4 is 5.82 Å². The molecule has 0 atom stereocenters. The summed E-state index contributed by atoms with van der Waals surface area (Å²) in [7, 11) is 0. The fraction of sp³-hybridized carbons (Fsp3) is 0.267. The molecule has 0 saturated heterocycles. The van der Waals surface area contributed by atoms with E-state index in [1.807, 2.05) is 26.0 Å². The first-order chi connectivity index (χ1) is 9.19. The molecule has 0 bridgehead atoms. The van der Waals surface area contributed by atoms with Crippen molar-refractivity contribution in [1.29, 1.82) is 0 Å². The zero-order valence-electron chi connectivity index (χ0n) is 11.1. The van der Waals surface area contributed by atoms with Crippen LogP contribution < -0.4 is 10.1 Å². The lowest BCUT2D eigenvalue weighted by Gasteiger charge is -2.09. The molecule has 100 valence electrons. The summed E-state index contributed by atoms with van der Waals surface area (Å²) in [6, 6.07) is 8.38. The monoisotopic (exact) mass is 260 g/mol. The number of aromatic nitrogens is 1. The van der Waals surface area contributed by atoms with Gasteiger partial charge in [-0.3, -0.25) is 0 Å². The fourth-order valence-corrected chi connectivity index (χ4v) is 1.69. The number of hydrogen-bond donors (Lipinski definition) is 1. The molecule has 1 aromatic heterocycles. The molecule has 0 unspecified atom stereocenters. The Balaban J connectivity index is 2.00. The van der Waals surface area contributed by atoms with Gasteiger partial charge in [0.05, 0.1) is 0 Å². The Morgan fingerprint density at radius 2 is 2.11 bits per heavy atom. The third-order valence-corrected chi connectivity index (χ3v) is 2.73. The molecule has 0 aliphatic heterocycles. The lowest BCUT2D eigenvalue weighted by Crippen LogP contribution is -2.01. The summed E-state index contributed by atoms with van der Waals surface area (Å²) in [5.41, 5.74) is 1.86. The predicted molar refractivity (Wildman–Crippen MR) is 73.9 cm³/mol. The summed E-state index contributed by atoms with van der Waals surface area (Å²) in [5, 5.41) is 3.12. The van der Waals surface area contributed by atoms with E-state index in [9.17, 15) is 4.39 Å². The number of anilines is 1. The number of nitrogens with one attached hydrogen (secondary N) is 1. The third kappa shape index (κ3) is 3.68. The van der Waals surface area contributed by atoms with E-state index >= 15 is 0 Å². The second-order valence-corrected chi connectivity index (χ2v) is 4.28. The number of hydrogen-bond acceptors (Lipinski definition) is 3. The maximum absolute atomic E-state index is 13.1. The summed E-state index contributed by atoms with van der Waals surface area (Å²) < 4.78 is 18.7. The number of benzene rings is 1. The van der Waals surface area contributed by atoms with Gasteiger partial charge in [0.2, 0.25) is 0 Å². The van der Waals surface area contributed by atoms with Gasteiger partial charge in [-0.25, -0.2) is 9.37 Å². The highest BCUT2D eigenvalue weighted by molar-refractivity contribution is 5.36. The molecule has 1 N–H and O–H groups in total. The first-order valence-corrected chi connectivity index (χ1v) is 6.27. The van der Waals surface area contributed by atoms with E-state index < -0.39 is 0 Å². The van der Waals surface area contributed by atoms with E-state index in [0.717, 1.165) is 23.5 Å². The average molecular weight is 260 g/mol. The van der Waals surface area contributed by atoms with Gasteiger partial charge in [0.1, 0.15) is 24.0 Å². The maximum Gasteiger partial charge on any atom is 0.126 e. The maximum atomic E-state index is 13.1. The van der Waals surface area contributed by atoms with E-state index in [2.05, 4.69) is 10.3 Å². The Bertz CT molecular complexity index is 540. The zero-order chi connectivity index (χ0) is 13.7. The van der Waals surface area contributed by atoms with Crippen LogP contribution >= 0.6 is 0 Å². The first kappa shape index (κ1) is 13.3. The van der Waals surface area contributed by atoms with Crippen LogP contribution in [0.5, 0.6) is 5.75 Å². The van der Waals surface area contributed by atoms with Crippen molar-refractivity contribution < 1.29 is 9.13 Å². The van der Waals surface area contributed by atoms with Crippen LogP contribution in [0.4, 0.5) is 10.2 Å². The molecule has 19 heavy (non-hydrogen) atoms. The van der Waals surface area contributed by atoms with Gasteiger partial charge in [0.15, 0.2) is 0 Å². The molecule has 0 aliphatic carbocycles. The van der Waals surface area contributed by atoms with Crippen molar-refractivity contribution in [3.63, 3.8) is 0 Å². The number of rotatable bonds is 5. The van der Waals surface area contributed by atoms with Gasteiger partial charge in [0, 0.05) is 24.4 Å². The van der Waals surface area contributed by atoms with Crippen LogP contribution in [0.1, 0.15) is 18.1 Å². The van der Waals surface area contributed by atoms with Crippen LogP contribution in [-0.4, -0.2) is 11.5 Å². The molecule has 0 amide bonds. The lowest BCUT2D eigenvalue weighted by molar-refractivity contribution is 0.302. The quantitative estimate of drug-likeness (QED) is 0.892. The Labute approximate surface area is 112 Å². The Morgan fingerprint density at radius 1 is 1.26 bits per heavy atom. The van der Waals surface area contributed by atoms with E-state index in [4.69, 9.17) is 4.74 Å². The largest absolute Gasteiger partial charge is 0.488 e. The van der Waals surface area contributed by atoms with E-state index in [1.165, 1.54) is 12.1 Å². The molecule has 0 saturated carbocycles. The number of pyridine rings is 1. The van der Waals surface area contributed by atoms with Crippen molar-refractivity contribution in [3.05, 3.63) is 53.5 Å². The van der Waals surface area contributed by atoms with Crippen molar-refractivity contribution in [2.24, 2.45) is 0 Å². The normalized spacial score (nSPS) is 10.3. The van der Waals surface area contributed by atoms with Crippen molar-refractivity contribution in [2.75, 3.05) is 11.9 Å². The lowest BCUT2D eigenvalue weighted by atomic mass is 10.2. The Kier molecular flexibility index (Phi) is 4.34. The fourth-order valence-electron chi connectivity index (χ4n) is 1.69. The zero-order valence-corrected chi connectivity index (χ0v) is 11.1. The van der Waals surface area contributed by atoms with Crippen LogP contribution in [-0.2, 0) is 6.61 Å². The summed E-state index contributed by atoms with van der Waals surface area (Å²) in [5.74, 6) is 1.12. The van der Waals surface area contributed by atoms with Gasteiger partial charge in [-0.05, 0) is 31.5 Å². The molecule has 0 spiro atoms. The third-order valence-electron chi connectivity index (χ3n) is 2.73. The van der Waals surface area contributed by atoms with Crippen LogP contribution in [0.25, 0.3) is 0 Å². The second-order valence-electron chi connectivity index (χ2n) is 4.28. The SMILES string of the molecule is CCNc1ccc(COc2cc(F)ccc2C)cn1. The van der Waals surface area contributed by atoms with Gasteiger partial charge >= 0.3 is 0 Å². The van der Waals surface area contributed by atoms with E-state index in [0.29, 0.717) is 12.4 Å². The molecule has 0 radical (unpaired) electrons. The molecule has 1 aromatic carbocycles. The molecule has 4 heteroatoms. The van der Waals surface area contributed by atoms with E-state index in [1.54, 1.807) is 12.3 Å². The van der Waals surface area contributed by atoms with Gasteiger partial charge in [-0.2, -0.15) is 0 Å². The second kappa shape index (κ2) is 6.18. The highest BCUT2D eigenvalue weighted by atomic mass is 19.1. The average Bonchev–Trinajstić information content (AvgIpc) is 2.42. The molecule has 2 rings (SSSR count). The van der Waals surface area contributed by atoms with Crippen LogP contribution in [0.15, 0.2) is 36.5 Å². The van der Waals surface area contributed by atoms with Crippen LogP contribution in [0, 0.1) is 12.7 Å². The van der Waals surface area contributed by atoms with Gasteiger partial charge in [-0.15, -0.1) is 0 Å². The van der Waals surface area contributed by atoms with Crippen molar-refractivity contribution in [2.45, 2.75) is 20.5 Å². The van der Waals surface area contributed by atoms with E-state index in [-0.39, 0.29) is 5.82 Å². The minimum atomic E-state index is -0.291. The van der Waals surface area contributed by atoms with Gasteiger partial charge in [-0.1, -0.05) is 12.1 Å². The van der Waals surface area contributed by atoms with Crippen molar-refractivity contribution in [1.82, 2.24) is 4.98 Å². The molecule has 1 heterocycles. The van der Waals surface area contributed by atoms with Crippen molar-refractivity contribution in [3.8, 4) is 5.75 Å². The Hall–Kier alpha value is -2.10. The molecular weight excluding hydrogens is 243 g/mol. The molecule has 0 fully saturated rings. The molecule has 0 aliphatic rings. The van der Waals surface area contributed by atoms with Crippen LogP contribution in [0.2, 0.25) is 0 Å². The summed E-state index contributed by atoms with van der Waals surface area (Å²) in [6.07, 6.45) is 1.76. The molecular formula is C15H17FN2O. The predicted octanol–water partition coefficient (Wildman–Crippen LogP) is 3.54. The highest BCUT2D eigenvalue weighted by Crippen LogP contribution is 2.20. The number of aryl methyl sites for hydroxylation is 1. The number of halogens is 1. The van der Waals surface area contributed by atoms with Gasteiger partial charge in [0.25, 0.3) is 0 Å². The van der Waals surface area contributed by atoms with Crippen LogP contribution in [0.3, 0.4) is 0 Å². The summed E-state index contributed by atoms with van der Waals surface area (Å²) in [6.45, 7) is 5.13. The topological polar surface area (TPSA) is 34.1 Å². The molecule has 2 aromatic rings. The minimum absolute atomic E-state index is 0.291. The Morgan fingerprint density at radius 3 is 2.79 bits per heavy atom. The smallest absolute Gasteiger partial charge is 0.126 e. The van der Waals surface area contributed by atoms with Gasteiger partial charge < -0.3 is 10.1 Å². The highest BCUT2D eigenvalue weighted by Gasteiger charge is 2.02. The standard InChI is InChI=1S/C15H17FN2O/c1-3-17-15-7-5-12(9-18-15)10-19-14-8-13(16)6-4-11(14)2/h4-9H,3,10H2,1-2H3,(H,17,18).